The number of aliphatic carboxylic acids is 1. The number of rotatable bonds is 4. The van der Waals surface area contributed by atoms with E-state index >= 15 is 0 Å². The molecule has 0 spiro atoms. The molecule has 0 amide bonds. The Morgan fingerprint density at radius 3 is 2.43 bits per heavy atom. The second kappa shape index (κ2) is 4.77. The van der Waals surface area contributed by atoms with Crippen LogP contribution in [0.1, 0.15) is 24.2 Å². The van der Waals surface area contributed by atoms with Crippen molar-refractivity contribution in [3.05, 3.63) is 35.4 Å². The summed E-state index contributed by atoms with van der Waals surface area (Å²) in [6.45, 7) is 4.13. The molecule has 0 saturated carbocycles. The molecule has 0 bridgehead atoms. The number of aryl methyl sites for hydroxylation is 1. The van der Waals surface area contributed by atoms with Crippen molar-refractivity contribution >= 4 is 5.97 Å². The van der Waals surface area contributed by atoms with Crippen molar-refractivity contribution in [3.8, 4) is 0 Å². The smallest absolute Gasteiger partial charge is 0.337 e. The zero-order valence-electron chi connectivity index (χ0n) is 8.36. The first-order chi connectivity index (χ1) is 6.65. The molecule has 0 heterocycles. The van der Waals surface area contributed by atoms with Crippen LogP contribution in [0.2, 0.25) is 0 Å². The third-order valence-electron chi connectivity index (χ3n) is 1.94. The fraction of sp³-hybridized carbons (Fsp3) is 0.364. The van der Waals surface area contributed by atoms with E-state index in [2.05, 4.69) is 0 Å². The maximum Gasteiger partial charge on any atom is 0.337 e. The number of carboxylic acid groups (broad SMARTS) is 1. The monoisotopic (exact) mass is 194 g/mol. The molecule has 0 aliphatic carbocycles. The number of ether oxygens (including phenoxy) is 1. The van der Waals surface area contributed by atoms with Gasteiger partial charge in [0.05, 0.1) is 0 Å². The summed E-state index contributed by atoms with van der Waals surface area (Å²) in [7, 11) is 0. The second-order valence-electron chi connectivity index (χ2n) is 3.08. The topological polar surface area (TPSA) is 46.5 Å². The quantitative estimate of drug-likeness (QED) is 0.798. The minimum absolute atomic E-state index is 0.394. The van der Waals surface area contributed by atoms with Crippen LogP contribution in [0.3, 0.4) is 0 Å². The Morgan fingerprint density at radius 1 is 1.43 bits per heavy atom. The zero-order chi connectivity index (χ0) is 10.6. The molecule has 76 valence electrons. The van der Waals surface area contributed by atoms with E-state index in [0.29, 0.717) is 12.2 Å². The molecular formula is C11H14O3. The van der Waals surface area contributed by atoms with Crippen LogP contribution >= 0.6 is 0 Å². The van der Waals surface area contributed by atoms with Crippen LogP contribution in [0.15, 0.2) is 24.3 Å². The predicted octanol–water partition coefficient (Wildman–Crippen LogP) is 2.16. The Hall–Kier alpha value is -1.35. The summed E-state index contributed by atoms with van der Waals surface area (Å²) < 4.78 is 5.13. The summed E-state index contributed by atoms with van der Waals surface area (Å²) in [4.78, 5) is 10.8. The zero-order valence-corrected chi connectivity index (χ0v) is 8.36. The van der Waals surface area contributed by atoms with Crippen molar-refractivity contribution < 1.29 is 14.6 Å². The van der Waals surface area contributed by atoms with E-state index in [1.807, 2.05) is 19.1 Å². The van der Waals surface area contributed by atoms with Crippen LogP contribution in [-0.2, 0) is 9.53 Å². The third-order valence-corrected chi connectivity index (χ3v) is 1.94. The van der Waals surface area contributed by atoms with Gasteiger partial charge in [-0.05, 0) is 19.4 Å². The van der Waals surface area contributed by atoms with Crippen molar-refractivity contribution in [3.63, 3.8) is 0 Å². The van der Waals surface area contributed by atoms with Gasteiger partial charge in [-0.2, -0.15) is 0 Å². The van der Waals surface area contributed by atoms with Gasteiger partial charge in [0.2, 0.25) is 0 Å². The van der Waals surface area contributed by atoms with E-state index in [9.17, 15) is 4.79 Å². The Kier molecular flexibility index (Phi) is 3.65. The molecule has 3 nitrogen and oxygen atoms in total. The lowest BCUT2D eigenvalue weighted by Crippen LogP contribution is -2.15. The van der Waals surface area contributed by atoms with E-state index in [1.165, 1.54) is 0 Å². The van der Waals surface area contributed by atoms with Gasteiger partial charge in [-0.15, -0.1) is 0 Å². The van der Waals surface area contributed by atoms with Gasteiger partial charge in [0.1, 0.15) is 0 Å². The summed E-state index contributed by atoms with van der Waals surface area (Å²) in [5, 5.41) is 8.90. The number of hydrogen-bond donors (Lipinski definition) is 1. The predicted molar refractivity (Wildman–Crippen MR) is 53.2 cm³/mol. The van der Waals surface area contributed by atoms with Gasteiger partial charge in [0.25, 0.3) is 0 Å². The molecule has 0 aliphatic rings. The van der Waals surface area contributed by atoms with Gasteiger partial charge in [-0.3, -0.25) is 0 Å². The molecule has 0 aliphatic heterocycles. The van der Waals surface area contributed by atoms with E-state index in [4.69, 9.17) is 9.84 Å². The van der Waals surface area contributed by atoms with Crippen molar-refractivity contribution in [2.24, 2.45) is 0 Å². The van der Waals surface area contributed by atoms with Crippen molar-refractivity contribution in [2.45, 2.75) is 20.0 Å². The maximum absolute atomic E-state index is 10.8. The van der Waals surface area contributed by atoms with Gasteiger partial charge >= 0.3 is 5.97 Å². The molecule has 1 aromatic rings. The van der Waals surface area contributed by atoms with Crippen LogP contribution in [0.4, 0.5) is 0 Å². The molecule has 0 aromatic heterocycles. The lowest BCUT2D eigenvalue weighted by Gasteiger charge is -2.12. The minimum atomic E-state index is -0.948. The molecule has 3 heteroatoms. The normalized spacial score (nSPS) is 12.4. The highest BCUT2D eigenvalue weighted by molar-refractivity contribution is 5.74. The standard InChI is InChI=1S/C11H14O3/c1-3-14-10(11(12)13)9-6-4-8(2)5-7-9/h4-7,10H,3H2,1-2H3,(H,12,13). The summed E-state index contributed by atoms with van der Waals surface area (Å²) in [5.74, 6) is -0.948. The van der Waals surface area contributed by atoms with E-state index < -0.39 is 12.1 Å². The minimum Gasteiger partial charge on any atom is -0.479 e. The molecule has 14 heavy (non-hydrogen) atoms. The van der Waals surface area contributed by atoms with Crippen molar-refractivity contribution in [1.29, 1.82) is 0 Å². The Labute approximate surface area is 83.3 Å². The lowest BCUT2D eigenvalue weighted by molar-refractivity contribution is -0.150. The fourth-order valence-electron chi connectivity index (χ4n) is 1.22. The second-order valence-corrected chi connectivity index (χ2v) is 3.08. The van der Waals surface area contributed by atoms with Crippen LogP contribution in [-0.4, -0.2) is 17.7 Å². The first-order valence-electron chi connectivity index (χ1n) is 4.56. The van der Waals surface area contributed by atoms with E-state index in [0.717, 1.165) is 5.56 Å². The van der Waals surface area contributed by atoms with Gasteiger partial charge in [0.15, 0.2) is 6.10 Å². The van der Waals surface area contributed by atoms with Crippen LogP contribution in [0.25, 0.3) is 0 Å². The molecule has 0 radical (unpaired) electrons. The van der Waals surface area contributed by atoms with E-state index in [1.54, 1.807) is 19.1 Å². The molecule has 0 saturated heterocycles. The average molecular weight is 194 g/mol. The molecule has 1 atom stereocenters. The van der Waals surface area contributed by atoms with Gasteiger partial charge in [-0.1, -0.05) is 29.8 Å². The highest BCUT2D eigenvalue weighted by Crippen LogP contribution is 2.17. The summed E-state index contributed by atoms with van der Waals surface area (Å²) in [6.07, 6.45) is -0.847. The Bertz CT molecular complexity index is 303. The molecule has 1 aromatic carbocycles. The van der Waals surface area contributed by atoms with Gasteiger partial charge < -0.3 is 9.84 Å². The van der Waals surface area contributed by atoms with Crippen LogP contribution in [0.5, 0.6) is 0 Å². The van der Waals surface area contributed by atoms with Gasteiger partial charge in [0, 0.05) is 6.61 Å². The fourth-order valence-corrected chi connectivity index (χ4v) is 1.22. The summed E-state index contributed by atoms with van der Waals surface area (Å²) >= 11 is 0. The largest absolute Gasteiger partial charge is 0.479 e. The molecule has 0 fully saturated rings. The SMILES string of the molecule is CCOC(C(=O)O)c1ccc(C)cc1. The van der Waals surface area contributed by atoms with E-state index in [-0.39, 0.29) is 0 Å². The van der Waals surface area contributed by atoms with Crippen molar-refractivity contribution in [2.75, 3.05) is 6.61 Å². The summed E-state index contributed by atoms with van der Waals surface area (Å²) in [6, 6.07) is 7.32. The maximum atomic E-state index is 10.8. The first-order valence-corrected chi connectivity index (χ1v) is 4.56. The van der Waals surface area contributed by atoms with Crippen molar-refractivity contribution in [1.82, 2.24) is 0 Å². The molecule has 1 N–H and O–H groups in total. The molecule has 1 unspecified atom stereocenters. The summed E-state index contributed by atoms with van der Waals surface area (Å²) in [5.41, 5.74) is 1.79. The van der Waals surface area contributed by atoms with Crippen LogP contribution in [0, 0.1) is 6.92 Å². The number of benzene rings is 1. The highest BCUT2D eigenvalue weighted by Gasteiger charge is 2.19. The third kappa shape index (κ3) is 2.57. The highest BCUT2D eigenvalue weighted by atomic mass is 16.5. The molecule has 1 rings (SSSR count). The number of carboxylic acids is 1. The number of hydrogen-bond acceptors (Lipinski definition) is 2. The number of carbonyl (C=O) groups is 1. The van der Waals surface area contributed by atoms with Crippen LogP contribution < -0.4 is 0 Å². The Morgan fingerprint density at radius 2 is 2.00 bits per heavy atom. The average Bonchev–Trinajstić information content (AvgIpc) is 2.15. The molecular weight excluding hydrogens is 180 g/mol. The Balaban J connectivity index is 2.87. The lowest BCUT2D eigenvalue weighted by atomic mass is 10.1. The first kappa shape index (κ1) is 10.7. The van der Waals surface area contributed by atoms with Gasteiger partial charge in [-0.25, -0.2) is 4.79 Å².